The quantitative estimate of drug-likeness (QED) is 0.787. The monoisotopic (exact) mass is 348 g/mol. The number of aliphatic imine (C=N–C) groups is 1. The van der Waals surface area contributed by atoms with Crippen LogP contribution >= 0.6 is 0 Å². The van der Waals surface area contributed by atoms with E-state index in [-0.39, 0.29) is 5.91 Å². The van der Waals surface area contributed by atoms with Gasteiger partial charge < -0.3 is 14.5 Å². The molecular weight excluding hydrogens is 324 g/mol. The number of hydrogen-bond donors (Lipinski definition) is 1. The van der Waals surface area contributed by atoms with Crippen LogP contribution in [0.1, 0.15) is 23.9 Å². The molecule has 0 aliphatic carbocycles. The summed E-state index contributed by atoms with van der Waals surface area (Å²) in [5, 5.41) is 6.95. The predicted octanol–water partition coefficient (Wildman–Crippen LogP) is 0.241. The van der Waals surface area contributed by atoms with Crippen molar-refractivity contribution in [3.8, 4) is 0 Å². The molecule has 1 aromatic heterocycles. The second kappa shape index (κ2) is 6.47. The lowest BCUT2D eigenvalue weighted by Gasteiger charge is -2.36. The van der Waals surface area contributed by atoms with E-state index in [4.69, 9.17) is 4.74 Å². The fourth-order valence-electron chi connectivity index (χ4n) is 3.15. The molecule has 25 heavy (non-hydrogen) atoms. The van der Waals surface area contributed by atoms with Crippen molar-refractivity contribution in [2.75, 3.05) is 26.8 Å². The van der Waals surface area contributed by atoms with Crippen LogP contribution in [0.4, 0.5) is 4.79 Å². The average molecular weight is 348 g/mol. The number of amides is 3. The van der Waals surface area contributed by atoms with Crippen LogP contribution in [0.2, 0.25) is 0 Å². The number of nitrogens with zero attached hydrogens (tertiary/aromatic N) is 5. The minimum absolute atomic E-state index is 0.346. The SMILES string of the molecule is CCOCCN1C(n2nc(C)c(C)c2C)=NC2C1C(=O)NC(=O)N2C. The number of rotatable bonds is 4. The van der Waals surface area contributed by atoms with Gasteiger partial charge in [0.05, 0.1) is 12.3 Å². The van der Waals surface area contributed by atoms with E-state index in [2.05, 4.69) is 15.4 Å². The summed E-state index contributed by atoms with van der Waals surface area (Å²) < 4.78 is 7.21. The van der Waals surface area contributed by atoms with Crippen molar-refractivity contribution in [2.24, 2.45) is 4.99 Å². The number of nitrogens with one attached hydrogen (secondary N) is 1. The molecule has 3 rings (SSSR count). The molecule has 0 spiro atoms. The van der Waals surface area contributed by atoms with E-state index in [1.165, 1.54) is 4.90 Å². The Morgan fingerprint density at radius 1 is 1.24 bits per heavy atom. The maximum Gasteiger partial charge on any atom is 0.325 e. The van der Waals surface area contributed by atoms with Crippen LogP contribution in [0.15, 0.2) is 4.99 Å². The number of ether oxygens (including phenoxy) is 1. The van der Waals surface area contributed by atoms with Crippen LogP contribution in [0.3, 0.4) is 0 Å². The Balaban J connectivity index is 2.01. The molecule has 3 amide bonds. The first kappa shape index (κ1) is 17.4. The van der Waals surface area contributed by atoms with Crippen molar-refractivity contribution in [1.82, 2.24) is 24.9 Å². The molecule has 0 radical (unpaired) electrons. The summed E-state index contributed by atoms with van der Waals surface area (Å²) in [6.45, 7) is 9.37. The van der Waals surface area contributed by atoms with Crippen molar-refractivity contribution in [3.63, 3.8) is 0 Å². The van der Waals surface area contributed by atoms with Crippen molar-refractivity contribution < 1.29 is 14.3 Å². The Morgan fingerprint density at radius 3 is 2.56 bits per heavy atom. The van der Waals surface area contributed by atoms with Crippen molar-refractivity contribution >= 4 is 17.9 Å². The van der Waals surface area contributed by atoms with Gasteiger partial charge in [0.2, 0.25) is 5.96 Å². The summed E-state index contributed by atoms with van der Waals surface area (Å²) in [5.74, 6) is 0.224. The molecule has 0 aromatic carbocycles. The Morgan fingerprint density at radius 2 is 1.96 bits per heavy atom. The number of carbonyl (C=O) groups is 2. The van der Waals surface area contributed by atoms with Gasteiger partial charge in [0, 0.05) is 25.9 Å². The molecule has 2 atom stereocenters. The maximum absolute atomic E-state index is 12.5. The molecule has 0 saturated carbocycles. The highest BCUT2D eigenvalue weighted by Crippen LogP contribution is 2.25. The molecule has 3 heterocycles. The zero-order valence-corrected chi connectivity index (χ0v) is 15.2. The van der Waals surface area contributed by atoms with Gasteiger partial charge in [0.1, 0.15) is 0 Å². The molecule has 1 fully saturated rings. The molecule has 2 unspecified atom stereocenters. The van der Waals surface area contributed by atoms with Gasteiger partial charge in [-0.2, -0.15) is 5.10 Å². The first-order valence-corrected chi connectivity index (χ1v) is 8.39. The van der Waals surface area contributed by atoms with Crippen molar-refractivity contribution in [3.05, 3.63) is 17.0 Å². The standard InChI is InChI=1S/C16H24N6O3/c1-6-25-8-7-21-12-13(20(5)16(24)18-14(12)23)17-15(21)22-11(4)9(2)10(3)19-22/h12-13H,6-8H2,1-5H3,(H,18,23,24). The van der Waals surface area contributed by atoms with Gasteiger partial charge in [-0.25, -0.2) is 14.5 Å². The lowest BCUT2D eigenvalue weighted by atomic mass is 10.1. The van der Waals surface area contributed by atoms with Crippen molar-refractivity contribution in [1.29, 1.82) is 0 Å². The van der Waals surface area contributed by atoms with Gasteiger partial charge in [-0.05, 0) is 33.3 Å². The average Bonchev–Trinajstić information content (AvgIpc) is 3.07. The number of imide groups is 1. The highest BCUT2D eigenvalue weighted by Gasteiger charge is 2.49. The van der Waals surface area contributed by atoms with Gasteiger partial charge in [0.15, 0.2) is 12.2 Å². The largest absolute Gasteiger partial charge is 0.380 e. The second-order valence-electron chi connectivity index (χ2n) is 6.29. The van der Waals surface area contributed by atoms with Gasteiger partial charge in [-0.3, -0.25) is 10.1 Å². The van der Waals surface area contributed by atoms with Crippen LogP contribution < -0.4 is 5.32 Å². The van der Waals surface area contributed by atoms with Crippen molar-refractivity contribution in [2.45, 2.75) is 39.9 Å². The molecule has 2 aliphatic rings. The zero-order chi connectivity index (χ0) is 18.3. The second-order valence-corrected chi connectivity index (χ2v) is 6.29. The van der Waals surface area contributed by atoms with E-state index in [0.29, 0.717) is 25.7 Å². The topological polar surface area (TPSA) is 92.1 Å². The highest BCUT2D eigenvalue weighted by atomic mass is 16.5. The summed E-state index contributed by atoms with van der Waals surface area (Å²) >= 11 is 0. The lowest BCUT2D eigenvalue weighted by Crippen LogP contribution is -2.64. The van der Waals surface area contributed by atoms with Crippen LogP contribution in [0.25, 0.3) is 0 Å². The Labute approximate surface area is 146 Å². The summed E-state index contributed by atoms with van der Waals surface area (Å²) in [5.41, 5.74) is 2.95. The molecule has 136 valence electrons. The summed E-state index contributed by atoms with van der Waals surface area (Å²) in [4.78, 5) is 32.4. The molecule has 1 aromatic rings. The Bertz CT molecular complexity index is 740. The number of urea groups is 1. The van der Waals surface area contributed by atoms with Gasteiger partial charge in [0.25, 0.3) is 5.91 Å². The molecule has 0 bridgehead atoms. The first-order chi connectivity index (χ1) is 11.9. The Kier molecular flexibility index (Phi) is 4.51. The summed E-state index contributed by atoms with van der Waals surface area (Å²) in [6.07, 6.45) is -0.568. The molecule has 2 aliphatic heterocycles. The van der Waals surface area contributed by atoms with E-state index in [0.717, 1.165) is 17.0 Å². The van der Waals surface area contributed by atoms with Gasteiger partial charge in [-0.1, -0.05) is 0 Å². The smallest absolute Gasteiger partial charge is 0.325 e. The predicted molar refractivity (Wildman–Crippen MR) is 91.3 cm³/mol. The molecular formula is C16H24N6O3. The third kappa shape index (κ3) is 2.78. The van der Waals surface area contributed by atoms with E-state index >= 15 is 0 Å². The molecule has 1 N–H and O–H groups in total. The molecule has 9 nitrogen and oxygen atoms in total. The number of hydrogen-bond acceptors (Lipinski definition) is 6. The fraction of sp³-hybridized carbons (Fsp3) is 0.625. The molecule has 9 heteroatoms. The normalized spacial score (nSPS) is 23.0. The first-order valence-electron chi connectivity index (χ1n) is 8.39. The number of aromatic nitrogens is 2. The minimum Gasteiger partial charge on any atom is -0.380 e. The zero-order valence-electron chi connectivity index (χ0n) is 15.2. The minimum atomic E-state index is -0.581. The number of aryl methyl sites for hydroxylation is 1. The van der Waals surface area contributed by atoms with Crippen LogP contribution in [0.5, 0.6) is 0 Å². The Hall–Kier alpha value is -2.42. The third-order valence-corrected chi connectivity index (χ3v) is 4.86. The van der Waals surface area contributed by atoms with E-state index in [1.807, 2.05) is 32.6 Å². The fourth-order valence-corrected chi connectivity index (χ4v) is 3.15. The number of likely N-dealkylation sites (N-methyl/N-ethyl adjacent to an activating group) is 1. The summed E-state index contributed by atoms with van der Waals surface area (Å²) in [6, 6.07) is -1.02. The van der Waals surface area contributed by atoms with E-state index in [9.17, 15) is 9.59 Å². The number of fused-ring (bicyclic) bond motifs is 1. The van der Waals surface area contributed by atoms with Crippen LogP contribution in [-0.4, -0.2) is 76.5 Å². The van der Waals surface area contributed by atoms with Crippen LogP contribution in [0, 0.1) is 20.8 Å². The third-order valence-electron chi connectivity index (χ3n) is 4.86. The van der Waals surface area contributed by atoms with Gasteiger partial charge in [-0.15, -0.1) is 0 Å². The molecule has 1 saturated heterocycles. The number of carbonyl (C=O) groups excluding carboxylic acids is 2. The lowest BCUT2D eigenvalue weighted by molar-refractivity contribution is -0.127. The van der Waals surface area contributed by atoms with E-state index in [1.54, 1.807) is 11.7 Å². The highest BCUT2D eigenvalue weighted by molar-refractivity contribution is 6.04. The van der Waals surface area contributed by atoms with Gasteiger partial charge >= 0.3 is 6.03 Å². The summed E-state index contributed by atoms with van der Waals surface area (Å²) in [7, 11) is 1.64. The van der Waals surface area contributed by atoms with E-state index < -0.39 is 18.2 Å². The van der Waals surface area contributed by atoms with Crippen LogP contribution in [-0.2, 0) is 9.53 Å². The maximum atomic E-state index is 12.5.